The van der Waals surface area contributed by atoms with Gasteiger partial charge in [-0.3, -0.25) is 4.79 Å². The van der Waals surface area contributed by atoms with E-state index in [-0.39, 0.29) is 5.78 Å². The molecule has 0 atom stereocenters. The average molecular weight is 318 g/mol. The molecule has 2 rings (SSSR count). The van der Waals surface area contributed by atoms with Gasteiger partial charge in [-0.05, 0) is 42.7 Å². The predicted molar refractivity (Wildman–Crippen MR) is 82.5 cm³/mol. The van der Waals surface area contributed by atoms with Crippen molar-refractivity contribution in [2.45, 2.75) is 20.3 Å². The molecular formula is C16H16BrNO. The molecule has 0 aromatic heterocycles. The lowest BCUT2D eigenvalue weighted by atomic mass is 9.97. The van der Waals surface area contributed by atoms with Crippen molar-refractivity contribution in [1.82, 2.24) is 0 Å². The third-order valence-electron chi connectivity index (χ3n) is 3.39. The van der Waals surface area contributed by atoms with Crippen molar-refractivity contribution in [2.75, 3.05) is 5.73 Å². The Morgan fingerprint density at radius 1 is 1.16 bits per heavy atom. The lowest BCUT2D eigenvalue weighted by Crippen LogP contribution is -2.09. The first kappa shape index (κ1) is 13.8. The van der Waals surface area contributed by atoms with Gasteiger partial charge in [0, 0.05) is 22.1 Å². The van der Waals surface area contributed by atoms with Gasteiger partial charge in [0.05, 0.1) is 0 Å². The summed E-state index contributed by atoms with van der Waals surface area (Å²) < 4.78 is 0.950. The molecule has 0 saturated heterocycles. The second kappa shape index (κ2) is 5.57. The Bertz CT molecular complexity index is 635. The average Bonchev–Trinajstić information content (AvgIpc) is 2.39. The number of hydrogen-bond donors (Lipinski definition) is 1. The third kappa shape index (κ3) is 2.87. The first-order chi connectivity index (χ1) is 9.00. The van der Waals surface area contributed by atoms with Gasteiger partial charge in [-0.25, -0.2) is 0 Å². The summed E-state index contributed by atoms with van der Waals surface area (Å²) in [5.74, 6) is 0.0486. The van der Waals surface area contributed by atoms with Crippen molar-refractivity contribution < 1.29 is 4.79 Å². The van der Waals surface area contributed by atoms with Gasteiger partial charge in [0.2, 0.25) is 0 Å². The molecule has 0 radical (unpaired) electrons. The van der Waals surface area contributed by atoms with Crippen LogP contribution < -0.4 is 5.73 Å². The quantitative estimate of drug-likeness (QED) is 0.685. The molecule has 2 nitrogen and oxygen atoms in total. The van der Waals surface area contributed by atoms with Crippen LogP contribution in [0.15, 0.2) is 40.9 Å². The summed E-state index contributed by atoms with van der Waals surface area (Å²) in [6.07, 6.45) is 0.355. The molecule has 0 aliphatic rings. The Morgan fingerprint density at radius 2 is 1.84 bits per heavy atom. The van der Waals surface area contributed by atoms with E-state index in [9.17, 15) is 4.79 Å². The topological polar surface area (TPSA) is 43.1 Å². The fourth-order valence-electron chi connectivity index (χ4n) is 1.99. The largest absolute Gasteiger partial charge is 0.398 e. The monoisotopic (exact) mass is 317 g/mol. The van der Waals surface area contributed by atoms with E-state index in [1.165, 1.54) is 0 Å². The molecule has 2 N–H and O–H groups in total. The number of anilines is 1. The highest BCUT2D eigenvalue weighted by Crippen LogP contribution is 2.24. The highest BCUT2D eigenvalue weighted by atomic mass is 79.9. The van der Waals surface area contributed by atoms with Crippen molar-refractivity contribution >= 4 is 27.4 Å². The van der Waals surface area contributed by atoms with Crippen molar-refractivity contribution in [3.8, 4) is 0 Å². The Hall–Kier alpha value is -1.61. The summed E-state index contributed by atoms with van der Waals surface area (Å²) in [6.45, 7) is 3.94. The van der Waals surface area contributed by atoms with Crippen LogP contribution in [-0.4, -0.2) is 5.78 Å². The minimum absolute atomic E-state index is 0.0486. The van der Waals surface area contributed by atoms with Gasteiger partial charge in [-0.1, -0.05) is 40.2 Å². The zero-order chi connectivity index (χ0) is 14.0. The summed E-state index contributed by atoms with van der Waals surface area (Å²) >= 11 is 3.46. The molecule has 2 aromatic carbocycles. The maximum Gasteiger partial charge on any atom is 0.169 e. The number of hydrogen-bond acceptors (Lipinski definition) is 2. The van der Waals surface area contributed by atoms with Crippen molar-refractivity contribution in [1.29, 1.82) is 0 Å². The molecular weight excluding hydrogens is 302 g/mol. The highest BCUT2D eigenvalue weighted by Gasteiger charge is 2.14. The van der Waals surface area contributed by atoms with Crippen LogP contribution in [-0.2, 0) is 6.42 Å². The summed E-state index contributed by atoms with van der Waals surface area (Å²) in [6, 6.07) is 11.5. The van der Waals surface area contributed by atoms with Gasteiger partial charge in [0.25, 0.3) is 0 Å². The normalized spacial score (nSPS) is 10.5. The lowest BCUT2D eigenvalue weighted by molar-refractivity contribution is 0.0993. The molecule has 0 heterocycles. The number of nitrogens with two attached hydrogens (primary N) is 1. The second-order valence-electron chi connectivity index (χ2n) is 4.66. The molecule has 0 aliphatic heterocycles. The van der Waals surface area contributed by atoms with Crippen LogP contribution in [0, 0.1) is 13.8 Å². The number of carbonyl (C=O) groups excluding carboxylic acids is 1. The fourth-order valence-corrected chi connectivity index (χ4v) is 2.42. The van der Waals surface area contributed by atoms with Crippen LogP contribution in [0.25, 0.3) is 0 Å². The summed E-state index contributed by atoms with van der Waals surface area (Å²) in [5.41, 5.74) is 10.3. The molecule has 0 fully saturated rings. The van der Waals surface area contributed by atoms with Gasteiger partial charge in [0.15, 0.2) is 5.78 Å². The molecule has 0 bridgehead atoms. The van der Waals surface area contributed by atoms with Gasteiger partial charge in [0.1, 0.15) is 0 Å². The van der Waals surface area contributed by atoms with Crippen LogP contribution in [0.3, 0.4) is 0 Å². The number of halogens is 1. The maximum atomic E-state index is 12.3. The predicted octanol–water partition coefficient (Wildman–Crippen LogP) is 4.07. The number of aryl methyl sites for hydroxylation is 1. The maximum absolute atomic E-state index is 12.3. The summed E-state index contributed by atoms with van der Waals surface area (Å²) in [5, 5.41) is 0. The zero-order valence-corrected chi connectivity index (χ0v) is 12.6. The van der Waals surface area contributed by atoms with E-state index in [0.29, 0.717) is 17.7 Å². The van der Waals surface area contributed by atoms with E-state index >= 15 is 0 Å². The van der Waals surface area contributed by atoms with Crippen LogP contribution in [0.4, 0.5) is 5.69 Å². The molecule has 0 amide bonds. The highest BCUT2D eigenvalue weighted by molar-refractivity contribution is 9.10. The van der Waals surface area contributed by atoms with E-state index in [1.807, 2.05) is 50.2 Å². The molecule has 3 heteroatoms. The van der Waals surface area contributed by atoms with E-state index in [1.54, 1.807) is 0 Å². The van der Waals surface area contributed by atoms with Crippen LogP contribution in [0.2, 0.25) is 0 Å². The van der Waals surface area contributed by atoms with Gasteiger partial charge < -0.3 is 5.73 Å². The van der Waals surface area contributed by atoms with E-state index in [2.05, 4.69) is 15.9 Å². The van der Waals surface area contributed by atoms with E-state index in [4.69, 9.17) is 5.73 Å². The minimum Gasteiger partial charge on any atom is -0.398 e. The van der Waals surface area contributed by atoms with Crippen molar-refractivity contribution in [3.05, 3.63) is 63.1 Å². The Balaban J connectivity index is 2.31. The minimum atomic E-state index is 0.0486. The number of carbonyl (C=O) groups is 1. The lowest BCUT2D eigenvalue weighted by Gasteiger charge is -2.10. The molecule has 0 aliphatic carbocycles. The van der Waals surface area contributed by atoms with Crippen LogP contribution in [0.5, 0.6) is 0 Å². The molecule has 19 heavy (non-hydrogen) atoms. The zero-order valence-electron chi connectivity index (χ0n) is 11.0. The van der Waals surface area contributed by atoms with Crippen molar-refractivity contribution in [3.63, 3.8) is 0 Å². The van der Waals surface area contributed by atoms with Gasteiger partial charge in [-0.15, -0.1) is 0 Å². The molecule has 0 unspecified atom stereocenters. The number of ketones is 1. The first-order valence-electron chi connectivity index (χ1n) is 6.13. The fraction of sp³-hybridized carbons (Fsp3) is 0.188. The molecule has 2 aromatic rings. The summed E-state index contributed by atoms with van der Waals surface area (Å²) in [7, 11) is 0. The van der Waals surface area contributed by atoms with E-state index in [0.717, 1.165) is 21.2 Å². The molecule has 0 saturated carbocycles. The standard InChI is InChI=1S/C16H16BrNO/c1-10-7-8-13(16(18)11(10)2)15(19)9-12-5-3-4-6-14(12)17/h3-8H,9,18H2,1-2H3. The number of benzene rings is 2. The van der Waals surface area contributed by atoms with Crippen LogP contribution in [0.1, 0.15) is 27.0 Å². The SMILES string of the molecule is Cc1ccc(C(=O)Cc2ccccc2Br)c(N)c1C. The van der Waals surface area contributed by atoms with Crippen LogP contribution >= 0.6 is 15.9 Å². The van der Waals surface area contributed by atoms with Crippen molar-refractivity contribution in [2.24, 2.45) is 0 Å². The Labute approximate surface area is 121 Å². The van der Waals surface area contributed by atoms with Gasteiger partial charge in [-0.2, -0.15) is 0 Å². The van der Waals surface area contributed by atoms with Gasteiger partial charge >= 0.3 is 0 Å². The smallest absolute Gasteiger partial charge is 0.169 e. The number of nitrogen functional groups attached to an aromatic ring is 1. The molecule has 98 valence electrons. The van der Waals surface area contributed by atoms with E-state index < -0.39 is 0 Å². The first-order valence-corrected chi connectivity index (χ1v) is 6.92. The third-order valence-corrected chi connectivity index (χ3v) is 4.17. The summed E-state index contributed by atoms with van der Waals surface area (Å²) in [4.78, 5) is 12.3. The number of Topliss-reactive ketones (excluding diaryl/α,β-unsaturated/α-hetero) is 1. The Morgan fingerprint density at radius 3 is 2.53 bits per heavy atom. The number of rotatable bonds is 3. The molecule has 0 spiro atoms. The Kier molecular flexibility index (Phi) is 4.05. The second-order valence-corrected chi connectivity index (χ2v) is 5.51.